The topological polar surface area (TPSA) is 49.4 Å². The highest BCUT2D eigenvalue weighted by atomic mass is 16.2. The van der Waals surface area contributed by atoms with Crippen molar-refractivity contribution in [3.05, 3.63) is 0 Å². The number of hydrogen-bond acceptors (Lipinski definition) is 3. The lowest BCUT2D eigenvalue weighted by molar-refractivity contribution is -0.142. The van der Waals surface area contributed by atoms with E-state index < -0.39 is 0 Å². The van der Waals surface area contributed by atoms with Crippen molar-refractivity contribution < 1.29 is 9.59 Å². The molecule has 1 N–H and O–H groups in total. The smallest absolute Gasteiger partial charge is 0.247 e. The molecular weight excluding hydrogens is 264 g/mol. The van der Waals surface area contributed by atoms with Crippen LogP contribution >= 0.6 is 0 Å². The van der Waals surface area contributed by atoms with Crippen molar-refractivity contribution in [1.29, 1.82) is 0 Å². The van der Waals surface area contributed by atoms with Crippen LogP contribution in [0.2, 0.25) is 0 Å². The van der Waals surface area contributed by atoms with Gasteiger partial charge in [-0.3, -0.25) is 14.5 Å². The third-order valence-corrected chi connectivity index (χ3v) is 4.85. The number of unbranched alkanes of at least 4 members (excludes halogenated alkanes) is 2. The van der Waals surface area contributed by atoms with E-state index in [-0.39, 0.29) is 23.9 Å². The molecule has 0 bridgehead atoms. The second-order valence-electron chi connectivity index (χ2n) is 6.71. The van der Waals surface area contributed by atoms with Gasteiger partial charge in [-0.15, -0.1) is 0 Å². The van der Waals surface area contributed by atoms with Crippen LogP contribution in [0.1, 0.15) is 78.1 Å². The highest BCUT2D eigenvalue weighted by Gasteiger charge is 2.42. The molecule has 1 aliphatic heterocycles. The van der Waals surface area contributed by atoms with Gasteiger partial charge in [0.2, 0.25) is 11.8 Å². The summed E-state index contributed by atoms with van der Waals surface area (Å²) in [4.78, 5) is 26.3. The average Bonchev–Trinajstić information content (AvgIpc) is 2.74. The van der Waals surface area contributed by atoms with Gasteiger partial charge in [-0.25, -0.2) is 0 Å². The van der Waals surface area contributed by atoms with E-state index in [1.54, 1.807) is 4.90 Å². The predicted molar refractivity (Wildman–Crippen MR) is 83.9 cm³/mol. The average molecular weight is 294 g/mol. The predicted octanol–water partition coefficient (Wildman–Crippen LogP) is 3.01. The quantitative estimate of drug-likeness (QED) is 0.580. The highest BCUT2D eigenvalue weighted by molar-refractivity contribution is 6.05. The molecule has 120 valence electrons. The fourth-order valence-corrected chi connectivity index (χ4v) is 3.63. The Bertz CT molecular complexity index is 364. The number of rotatable bonds is 7. The Morgan fingerprint density at radius 1 is 1.19 bits per heavy atom. The number of amides is 2. The second kappa shape index (κ2) is 7.92. The Morgan fingerprint density at radius 2 is 1.90 bits per heavy atom. The van der Waals surface area contributed by atoms with Gasteiger partial charge >= 0.3 is 0 Å². The van der Waals surface area contributed by atoms with E-state index in [1.165, 1.54) is 25.7 Å². The molecule has 0 radical (unpaired) electrons. The first kappa shape index (κ1) is 16.5. The molecule has 2 aliphatic rings. The largest absolute Gasteiger partial charge is 0.303 e. The van der Waals surface area contributed by atoms with Gasteiger partial charge in [-0.1, -0.05) is 45.4 Å². The van der Waals surface area contributed by atoms with Crippen LogP contribution in [0.3, 0.4) is 0 Å². The summed E-state index contributed by atoms with van der Waals surface area (Å²) in [5, 5.41) is 3.37. The molecule has 2 amide bonds. The summed E-state index contributed by atoms with van der Waals surface area (Å²) >= 11 is 0. The molecule has 0 aromatic carbocycles. The van der Waals surface area contributed by atoms with E-state index in [9.17, 15) is 9.59 Å². The lowest BCUT2D eigenvalue weighted by Crippen LogP contribution is -2.46. The van der Waals surface area contributed by atoms with Gasteiger partial charge in [-0.2, -0.15) is 0 Å². The molecule has 1 aliphatic carbocycles. The van der Waals surface area contributed by atoms with Crippen molar-refractivity contribution in [1.82, 2.24) is 10.2 Å². The zero-order chi connectivity index (χ0) is 15.2. The van der Waals surface area contributed by atoms with Crippen LogP contribution in [0.5, 0.6) is 0 Å². The van der Waals surface area contributed by atoms with Gasteiger partial charge < -0.3 is 5.32 Å². The zero-order valence-electron chi connectivity index (χ0n) is 13.6. The van der Waals surface area contributed by atoms with E-state index >= 15 is 0 Å². The third-order valence-electron chi connectivity index (χ3n) is 4.85. The Labute approximate surface area is 128 Å². The Balaban J connectivity index is 1.85. The van der Waals surface area contributed by atoms with Crippen LogP contribution in [0.25, 0.3) is 0 Å². The summed E-state index contributed by atoms with van der Waals surface area (Å²) in [6.07, 6.45) is 10.6. The standard InChI is InChI=1S/C17H30N2O2/c1-3-4-6-9-13(2)18-15-12-16(20)19(17(15)21)14-10-7-5-8-11-14/h13-15,18H,3-12H2,1-2H3. The molecule has 0 aromatic heterocycles. The molecule has 4 nitrogen and oxygen atoms in total. The van der Waals surface area contributed by atoms with Gasteiger partial charge in [-0.05, 0) is 26.2 Å². The SMILES string of the molecule is CCCCCC(C)NC1CC(=O)N(C2CCCCC2)C1=O. The van der Waals surface area contributed by atoms with E-state index in [0.29, 0.717) is 12.5 Å². The lowest BCUT2D eigenvalue weighted by Gasteiger charge is -2.30. The summed E-state index contributed by atoms with van der Waals surface area (Å²) in [5.41, 5.74) is 0. The van der Waals surface area contributed by atoms with Crippen LogP contribution in [-0.4, -0.2) is 34.8 Å². The monoisotopic (exact) mass is 294 g/mol. The molecular formula is C17H30N2O2. The molecule has 0 spiro atoms. The minimum absolute atomic E-state index is 0.0224. The maximum absolute atomic E-state index is 12.5. The third kappa shape index (κ3) is 4.29. The molecule has 2 atom stereocenters. The molecule has 2 fully saturated rings. The number of nitrogens with one attached hydrogen (secondary N) is 1. The summed E-state index contributed by atoms with van der Waals surface area (Å²) in [6.45, 7) is 4.32. The van der Waals surface area contributed by atoms with E-state index in [2.05, 4.69) is 19.2 Å². The van der Waals surface area contributed by atoms with Crippen LogP contribution in [0.4, 0.5) is 0 Å². The van der Waals surface area contributed by atoms with Crippen LogP contribution in [-0.2, 0) is 9.59 Å². The van der Waals surface area contributed by atoms with Gasteiger partial charge in [0, 0.05) is 12.1 Å². The number of carbonyl (C=O) groups excluding carboxylic acids is 2. The molecule has 1 heterocycles. The second-order valence-corrected chi connectivity index (χ2v) is 6.71. The highest BCUT2D eigenvalue weighted by Crippen LogP contribution is 2.27. The zero-order valence-corrected chi connectivity index (χ0v) is 13.6. The van der Waals surface area contributed by atoms with Gasteiger partial charge in [0.1, 0.15) is 0 Å². The summed E-state index contributed by atoms with van der Waals surface area (Å²) < 4.78 is 0. The van der Waals surface area contributed by atoms with Crippen LogP contribution in [0.15, 0.2) is 0 Å². The summed E-state index contributed by atoms with van der Waals surface area (Å²) in [7, 11) is 0. The molecule has 1 saturated heterocycles. The summed E-state index contributed by atoms with van der Waals surface area (Å²) in [6, 6.07) is 0.196. The fourth-order valence-electron chi connectivity index (χ4n) is 3.63. The van der Waals surface area contributed by atoms with E-state index in [0.717, 1.165) is 32.1 Å². The minimum Gasteiger partial charge on any atom is -0.303 e. The van der Waals surface area contributed by atoms with Crippen molar-refractivity contribution in [2.75, 3.05) is 0 Å². The van der Waals surface area contributed by atoms with Gasteiger partial charge in [0.05, 0.1) is 12.5 Å². The first-order valence-electron chi connectivity index (χ1n) is 8.75. The number of nitrogens with zero attached hydrogens (tertiary/aromatic N) is 1. The first-order valence-corrected chi connectivity index (χ1v) is 8.75. The maximum atomic E-state index is 12.5. The Morgan fingerprint density at radius 3 is 2.57 bits per heavy atom. The van der Waals surface area contributed by atoms with Crippen molar-refractivity contribution in [3.8, 4) is 0 Å². The first-order chi connectivity index (χ1) is 10.1. The molecule has 2 rings (SSSR count). The maximum Gasteiger partial charge on any atom is 0.247 e. The van der Waals surface area contributed by atoms with E-state index in [1.807, 2.05) is 0 Å². The van der Waals surface area contributed by atoms with Gasteiger partial charge in [0.25, 0.3) is 0 Å². The van der Waals surface area contributed by atoms with Crippen LogP contribution in [0, 0.1) is 0 Å². The van der Waals surface area contributed by atoms with Crippen LogP contribution < -0.4 is 5.32 Å². The number of imide groups is 1. The molecule has 0 aromatic rings. The van der Waals surface area contributed by atoms with Crippen molar-refractivity contribution in [2.45, 2.75) is 96.2 Å². The Hall–Kier alpha value is -0.900. The lowest BCUT2D eigenvalue weighted by atomic mass is 9.94. The molecule has 1 saturated carbocycles. The molecule has 2 unspecified atom stereocenters. The number of likely N-dealkylation sites (tertiary alicyclic amines) is 1. The van der Waals surface area contributed by atoms with Gasteiger partial charge in [0.15, 0.2) is 0 Å². The van der Waals surface area contributed by atoms with E-state index in [4.69, 9.17) is 0 Å². The summed E-state index contributed by atoms with van der Waals surface area (Å²) in [5.74, 6) is 0.0550. The number of carbonyl (C=O) groups is 2. The number of hydrogen-bond donors (Lipinski definition) is 1. The normalized spacial score (nSPS) is 25.6. The Kier molecular flexibility index (Phi) is 6.22. The minimum atomic E-state index is -0.281. The van der Waals surface area contributed by atoms with Crippen molar-refractivity contribution >= 4 is 11.8 Å². The fraction of sp³-hybridized carbons (Fsp3) is 0.882. The molecule has 21 heavy (non-hydrogen) atoms. The van der Waals surface area contributed by atoms with Crippen molar-refractivity contribution in [3.63, 3.8) is 0 Å². The van der Waals surface area contributed by atoms with Crippen molar-refractivity contribution in [2.24, 2.45) is 0 Å². The molecule has 4 heteroatoms.